The zero-order valence-electron chi connectivity index (χ0n) is 7.47. The Morgan fingerprint density at radius 2 is 2.00 bits per heavy atom. The smallest absolute Gasteiger partial charge is 0.0676 e. The second-order valence-corrected chi connectivity index (χ2v) is 3.00. The van der Waals surface area contributed by atoms with Crippen LogP contribution in [0, 0.1) is 0 Å². The summed E-state index contributed by atoms with van der Waals surface area (Å²) in [7, 11) is 0. The van der Waals surface area contributed by atoms with E-state index in [2.05, 4.69) is 5.16 Å². The predicted octanol–water partition coefficient (Wildman–Crippen LogP) is 3.28. The number of hydrogen-bond donors (Lipinski definition) is 1. The van der Waals surface area contributed by atoms with Crippen molar-refractivity contribution >= 4 is 23.9 Å². The van der Waals surface area contributed by atoms with Gasteiger partial charge in [0.05, 0.1) is 6.21 Å². The van der Waals surface area contributed by atoms with E-state index in [1.807, 2.05) is 36.4 Å². The van der Waals surface area contributed by atoms with Crippen LogP contribution in [0.4, 0.5) is 0 Å². The highest BCUT2D eigenvalue weighted by Gasteiger charge is 1.84. The molecule has 0 spiro atoms. The third-order valence-corrected chi connectivity index (χ3v) is 1.79. The molecule has 1 aromatic carbocycles. The molecule has 3 heteroatoms. The average Bonchev–Trinajstić information content (AvgIpc) is 2.25. The first kappa shape index (κ1) is 10.5. The zero-order valence-corrected chi connectivity index (χ0v) is 8.22. The minimum absolute atomic E-state index is 0.506. The van der Waals surface area contributed by atoms with E-state index in [4.69, 9.17) is 16.8 Å². The van der Waals surface area contributed by atoms with Crippen LogP contribution in [0.5, 0.6) is 0 Å². The summed E-state index contributed by atoms with van der Waals surface area (Å²) in [4.78, 5) is 0. The van der Waals surface area contributed by atoms with E-state index in [-0.39, 0.29) is 0 Å². The standard InChI is InChI=1S/C11H10ClNO/c12-11(8-9-13-14)7-6-10-4-2-1-3-5-10/h1-9,14H/b7-6+,11-8+,13-9+. The van der Waals surface area contributed by atoms with Crippen LogP contribution in [0.2, 0.25) is 0 Å². The van der Waals surface area contributed by atoms with Crippen molar-refractivity contribution in [1.29, 1.82) is 0 Å². The maximum absolute atomic E-state index is 8.14. The van der Waals surface area contributed by atoms with Crippen molar-refractivity contribution in [2.75, 3.05) is 0 Å². The fourth-order valence-electron chi connectivity index (χ4n) is 0.900. The Bertz CT molecular complexity index is 355. The van der Waals surface area contributed by atoms with Crippen LogP contribution in [0.25, 0.3) is 6.08 Å². The highest BCUT2D eigenvalue weighted by molar-refractivity contribution is 6.32. The van der Waals surface area contributed by atoms with Crippen LogP contribution < -0.4 is 0 Å². The molecule has 0 aliphatic rings. The Hall–Kier alpha value is -1.54. The van der Waals surface area contributed by atoms with Gasteiger partial charge in [-0.1, -0.05) is 53.2 Å². The molecule has 1 N–H and O–H groups in total. The minimum Gasteiger partial charge on any atom is -0.411 e. The number of benzene rings is 1. The number of nitrogens with zero attached hydrogens (tertiary/aromatic N) is 1. The molecule has 14 heavy (non-hydrogen) atoms. The van der Waals surface area contributed by atoms with E-state index < -0.39 is 0 Å². The molecule has 0 saturated heterocycles. The maximum Gasteiger partial charge on any atom is 0.0676 e. The molecule has 0 bridgehead atoms. The normalized spacial score (nSPS) is 12.8. The van der Waals surface area contributed by atoms with E-state index in [0.29, 0.717) is 5.03 Å². The molecular formula is C11H10ClNO. The molecule has 0 heterocycles. The summed E-state index contributed by atoms with van der Waals surface area (Å²) in [5.74, 6) is 0. The van der Waals surface area contributed by atoms with Gasteiger partial charge < -0.3 is 5.21 Å². The van der Waals surface area contributed by atoms with Gasteiger partial charge in [-0.25, -0.2) is 0 Å². The molecule has 0 atom stereocenters. The molecule has 0 aliphatic carbocycles. The second-order valence-electron chi connectivity index (χ2n) is 2.56. The van der Waals surface area contributed by atoms with Crippen LogP contribution in [0.15, 0.2) is 52.7 Å². The average molecular weight is 208 g/mol. The summed E-state index contributed by atoms with van der Waals surface area (Å²) < 4.78 is 0. The maximum atomic E-state index is 8.14. The Morgan fingerprint density at radius 1 is 1.29 bits per heavy atom. The van der Waals surface area contributed by atoms with Gasteiger partial charge in [-0.05, 0) is 17.7 Å². The Morgan fingerprint density at radius 3 is 2.64 bits per heavy atom. The van der Waals surface area contributed by atoms with Crippen molar-refractivity contribution in [1.82, 2.24) is 0 Å². The summed E-state index contributed by atoms with van der Waals surface area (Å²) in [5.41, 5.74) is 1.07. The second kappa shape index (κ2) is 6.00. The molecule has 1 rings (SSSR count). The largest absolute Gasteiger partial charge is 0.411 e. The molecule has 0 amide bonds. The Kier molecular flexibility index (Phi) is 4.51. The van der Waals surface area contributed by atoms with Gasteiger partial charge in [0, 0.05) is 5.03 Å². The van der Waals surface area contributed by atoms with E-state index in [1.165, 1.54) is 12.3 Å². The van der Waals surface area contributed by atoms with Crippen molar-refractivity contribution in [2.45, 2.75) is 0 Å². The van der Waals surface area contributed by atoms with Gasteiger partial charge in [0.1, 0.15) is 0 Å². The lowest BCUT2D eigenvalue weighted by atomic mass is 10.2. The van der Waals surface area contributed by atoms with E-state index in [9.17, 15) is 0 Å². The molecule has 0 aromatic heterocycles. The lowest BCUT2D eigenvalue weighted by Gasteiger charge is -1.90. The third-order valence-electron chi connectivity index (χ3n) is 1.53. The van der Waals surface area contributed by atoms with Crippen LogP contribution in [-0.4, -0.2) is 11.4 Å². The molecule has 2 nitrogen and oxygen atoms in total. The predicted molar refractivity (Wildman–Crippen MR) is 59.7 cm³/mol. The fraction of sp³-hybridized carbons (Fsp3) is 0. The minimum atomic E-state index is 0.506. The molecule has 0 unspecified atom stereocenters. The number of halogens is 1. The number of oxime groups is 1. The first-order valence-electron chi connectivity index (χ1n) is 4.09. The first-order valence-corrected chi connectivity index (χ1v) is 4.47. The van der Waals surface area contributed by atoms with E-state index in [1.54, 1.807) is 6.08 Å². The van der Waals surface area contributed by atoms with Gasteiger partial charge in [0.15, 0.2) is 0 Å². The summed E-state index contributed by atoms with van der Waals surface area (Å²) >= 11 is 5.78. The number of rotatable bonds is 3. The van der Waals surface area contributed by atoms with Gasteiger partial charge in [0.2, 0.25) is 0 Å². The highest BCUT2D eigenvalue weighted by atomic mass is 35.5. The molecule has 0 radical (unpaired) electrons. The lowest BCUT2D eigenvalue weighted by Crippen LogP contribution is -1.70. The SMILES string of the molecule is O/N=C/C=C(Cl)\C=C\c1ccccc1. The molecule has 0 fully saturated rings. The van der Waals surface area contributed by atoms with Crippen molar-refractivity contribution in [3.05, 3.63) is 53.1 Å². The summed E-state index contributed by atoms with van der Waals surface area (Å²) in [6.45, 7) is 0. The lowest BCUT2D eigenvalue weighted by molar-refractivity contribution is 0.322. The third kappa shape index (κ3) is 3.92. The quantitative estimate of drug-likeness (QED) is 0.351. The van der Waals surface area contributed by atoms with Crippen molar-refractivity contribution in [3.8, 4) is 0 Å². The van der Waals surface area contributed by atoms with Crippen LogP contribution in [-0.2, 0) is 0 Å². The van der Waals surface area contributed by atoms with Gasteiger partial charge >= 0.3 is 0 Å². The summed E-state index contributed by atoms with van der Waals surface area (Å²) in [6.07, 6.45) is 6.33. The van der Waals surface area contributed by atoms with Crippen LogP contribution in [0.3, 0.4) is 0 Å². The Labute approximate surface area is 87.8 Å². The topological polar surface area (TPSA) is 32.6 Å². The molecule has 0 saturated carbocycles. The molecule has 72 valence electrons. The van der Waals surface area contributed by atoms with Crippen molar-refractivity contribution < 1.29 is 5.21 Å². The highest BCUT2D eigenvalue weighted by Crippen LogP contribution is 2.07. The number of hydrogen-bond acceptors (Lipinski definition) is 2. The van der Waals surface area contributed by atoms with Crippen LogP contribution in [0.1, 0.15) is 5.56 Å². The van der Waals surface area contributed by atoms with Gasteiger partial charge in [-0.2, -0.15) is 0 Å². The van der Waals surface area contributed by atoms with Gasteiger partial charge in [0.25, 0.3) is 0 Å². The molecule has 1 aromatic rings. The summed E-state index contributed by atoms with van der Waals surface area (Å²) in [6, 6.07) is 9.80. The van der Waals surface area contributed by atoms with Gasteiger partial charge in [-0.15, -0.1) is 0 Å². The monoisotopic (exact) mass is 207 g/mol. The van der Waals surface area contributed by atoms with Crippen molar-refractivity contribution in [2.24, 2.45) is 5.16 Å². The van der Waals surface area contributed by atoms with Gasteiger partial charge in [-0.3, -0.25) is 0 Å². The number of allylic oxidation sites excluding steroid dienone is 3. The molecule has 0 aliphatic heterocycles. The zero-order chi connectivity index (χ0) is 10.2. The van der Waals surface area contributed by atoms with Crippen molar-refractivity contribution in [3.63, 3.8) is 0 Å². The fourth-order valence-corrected chi connectivity index (χ4v) is 1.02. The molecular weight excluding hydrogens is 198 g/mol. The van der Waals surface area contributed by atoms with E-state index >= 15 is 0 Å². The summed E-state index contributed by atoms with van der Waals surface area (Å²) in [5, 5.41) is 11.5. The first-order chi connectivity index (χ1) is 6.83. The van der Waals surface area contributed by atoms with Crippen LogP contribution >= 0.6 is 11.6 Å². The Balaban J connectivity index is 2.65. The van der Waals surface area contributed by atoms with E-state index in [0.717, 1.165) is 5.56 Å².